The highest BCUT2D eigenvalue weighted by molar-refractivity contribution is 5.74. The predicted octanol–water partition coefficient (Wildman–Crippen LogP) is 3.76. The molecule has 0 saturated carbocycles. The zero-order valence-corrected chi connectivity index (χ0v) is 12.2. The van der Waals surface area contributed by atoms with Crippen molar-refractivity contribution in [2.24, 2.45) is 0 Å². The summed E-state index contributed by atoms with van der Waals surface area (Å²) in [7, 11) is 0. The summed E-state index contributed by atoms with van der Waals surface area (Å²) in [5.41, 5.74) is 1.64. The smallest absolute Gasteiger partial charge is 0.150 e. The van der Waals surface area contributed by atoms with Gasteiger partial charge in [-0.05, 0) is 30.7 Å². The average Bonchev–Trinajstić information content (AvgIpc) is 2.95. The van der Waals surface area contributed by atoms with Crippen molar-refractivity contribution < 1.29 is 8.78 Å². The third-order valence-electron chi connectivity index (χ3n) is 3.50. The van der Waals surface area contributed by atoms with Crippen LogP contribution in [0.1, 0.15) is 17.8 Å². The molecule has 2 aromatic carbocycles. The monoisotopic (exact) mass is 312 g/mol. The van der Waals surface area contributed by atoms with Crippen LogP contribution in [0, 0.1) is 23.0 Å². The molecule has 0 saturated heterocycles. The molecule has 1 heterocycles. The number of imidazole rings is 1. The molecule has 4 nitrogen and oxygen atoms in total. The van der Waals surface area contributed by atoms with Crippen molar-refractivity contribution >= 4 is 16.7 Å². The van der Waals surface area contributed by atoms with Gasteiger partial charge in [0.25, 0.3) is 0 Å². The lowest BCUT2D eigenvalue weighted by molar-refractivity contribution is 0.586. The molecule has 23 heavy (non-hydrogen) atoms. The fourth-order valence-electron chi connectivity index (χ4n) is 2.40. The number of anilines is 1. The molecule has 0 unspecified atom stereocenters. The fourth-order valence-corrected chi connectivity index (χ4v) is 2.40. The number of hydrogen-bond donors (Lipinski definition) is 2. The van der Waals surface area contributed by atoms with E-state index in [9.17, 15) is 8.78 Å². The summed E-state index contributed by atoms with van der Waals surface area (Å²) >= 11 is 0. The second kappa shape index (κ2) is 6.44. The fraction of sp³-hybridized carbons (Fsp3) is 0.176. The minimum Gasteiger partial charge on any atom is -0.380 e. The standard InChI is InChI=1S/C17H14F2N4/c18-12-8-11(10-20)9-13(19)17(12)21-7-3-6-16-22-14-4-1-2-5-15(14)23-16/h1-2,4-5,8-9,21H,3,6-7H2,(H,22,23). The largest absolute Gasteiger partial charge is 0.380 e. The maximum Gasteiger partial charge on any atom is 0.150 e. The summed E-state index contributed by atoms with van der Waals surface area (Å²) in [6.45, 7) is 0.400. The van der Waals surface area contributed by atoms with E-state index in [2.05, 4.69) is 15.3 Å². The maximum absolute atomic E-state index is 13.7. The van der Waals surface area contributed by atoms with E-state index in [1.54, 1.807) is 6.07 Å². The molecule has 0 aliphatic heterocycles. The van der Waals surface area contributed by atoms with Gasteiger partial charge in [-0.3, -0.25) is 0 Å². The Kier molecular flexibility index (Phi) is 4.20. The van der Waals surface area contributed by atoms with E-state index in [1.807, 2.05) is 24.3 Å². The van der Waals surface area contributed by atoms with E-state index in [0.717, 1.165) is 29.0 Å². The minimum atomic E-state index is -0.759. The van der Waals surface area contributed by atoms with Crippen LogP contribution in [0.2, 0.25) is 0 Å². The van der Waals surface area contributed by atoms with Gasteiger partial charge in [-0.25, -0.2) is 13.8 Å². The van der Waals surface area contributed by atoms with Crippen molar-refractivity contribution in [3.05, 3.63) is 59.4 Å². The molecule has 1 aromatic heterocycles. The van der Waals surface area contributed by atoms with E-state index in [4.69, 9.17) is 5.26 Å². The van der Waals surface area contributed by atoms with Gasteiger partial charge in [-0.15, -0.1) is 0 Å². The number of aryl methyl sites for hydroxylation is 1. The molecular weight excluding hydrogens is 298 g/mol. The van der Waals surface area contributed by atoms with E-state index >= 15 is 0 Å². The summed E-state index contributed by atoms with van der Waals surface area (Å²) in [5, 5.41) is 11.4. The van der Waals surface area contributed by atoms with Gasteiger partial charge in [0.2, 0.25) is 0 Å². The second-order valence-corrected chi connectivity index (χ2v) is 5.16. The zero-order valence-electron chi connectivity index (χ0n) is 12.2. The third-order valence-corrected chi connectivity index (χ3v) is 3.50. The number of aromatic amines is 1. The van der Waals surface area contributed by atoms with E-state index in [-0.39, 0.29) is 11.3 Å². The molecule has 0 aliphatic rings. The van der Waals surface area contributed by atoms with Gasteiger partial charge >= 0.3 is 0 Å². The lowest BCUT2D eigenvalue weighted by atomic mass is 10.2. The van der Waals surface area contributed by atoms with Gasteiger partial charge in [0, 0.05) is 13.0 Å². The molecule has 2 N–H and O–H groups in total. The van der Waals surface area contributed by atoms with Crippen LogP contribution in [0.25, 0.3) is 11.0 Å². The molecule has 116 valence electrons. The third kappa shape index (κ3) is 3.29. The van der Waals surface area contributed by atoms with Crippen LogP contribution in [0.5, 0.6) is 0 Å². The lowest BCUT2D eigenvalue weighted by Crippen LogP contribution is -2.07. The Morgan fingerprint density at radius 3 is 2.61 bits per heavy atom. The average molecular weight is 312 g/mol. The first-order chi connectivity index (χ1) is 11.2. The van der Waals surface area contributed by atoms with Crippen molar-refractivity contribution in [2.45, 2.75) is 12.8 Å². The summed E-state index contributed by atoms with van der Waals surface area (Å²) in [4.78, 5) is 7.66. The van der Waals surface area contributed by atoms with Crippen molar-refractivity contribution in [3.63, 3.8) is 0 Å². The number of nitriles is 1. The molecule has 0 aliphatic carbocycles. The first kappa shape index (κ1) is 15.0. The highest BCUT2D eigenvalue weighted by atomic mass is 19.1. The van der Waals surface area contributed by atoms with Crippen molar-refractivity contribution in [1.82, 2.24) is 9.97 Å². The number of para-hydroxylation sites is 2. The van der Waals surface area contributed by atoms with Crippen molar-refractivity contribution in [1.29, 1.82) is 5.26 Å². The lowest BCUT2D eigenvalue weighted by Gasteiger charge is -2.08. The van der Waals surface area contributed by atoms with Gasteiger partial charge in [0.15, 0.2) is 11.6 Å². The topological polar surface area (TPSA) is 64.5 Å². The van der Waals surface area contributed by atoms with Crippen LogP contribution in [-0.4, -0.2) is 16.5 Å². The predicted molar refractivity (Wildman–Crippen MR) is 84.0 cm³/mol. The van der Waals surface area contributed by atoms with E-state index in [1.165, 1.54) is 0 Å². The molecule has 6 heteroatoms. The quantitative estimate of drug-likeness (QED) is 0.705. The highest BCUT2D eigenvalue weighted by Gasteiger charge is 2.10. The van der Waals surface area contributed by atoms with Crippen LogP contribution < -0.4 is 5.32 Å². The molecule has 0 radical (unpaired) electrons. The number of aromatic nitrogens is 2. The summed E-state index contributed by atoms with van der Waals surface area (Å²) in [5.74, 6) is -0.677. The minimum absolute atomic E-state index is 0.0344. The van der Waals surface area contributed by atoms with Gasteiger partial charge in [0.05, 0.1) is 22.7 Å². The zero-order chi connectivity index (χ0) is 16.2. The van der Waals surface area contributed by atoms with Crippen LogP contribution in [0.4, 0.5) is 14.5 Å². The van der Waals surface area contributed by atoms with Gasteiger partial charge in [-0.1, -0.05) is 12.1 Å². The number of fused-ring (bicyclic) bond motifs is 1. The molecular formula is C17H14F2N4. The molecule has 0 atom stereocenters. The Balaban J connectivity index is 1.59. The van der Waals surface area contributed by atoms with Crippen LogP contribution >= 0.6 is 0 Å². The number of nitrogens with zero attached hydrogens (tertiary/aromatic N) is 2. The highest BCUT2D eigenvalue weighted by Crippen LogP contribution is 2.20. The number of halogens is 2. The van der Waals surface area contributed by atoms with Crippen LogP contribution in [0.3, 0.4) is 0 Å². The Bertz CT molecular complexity index is 824. The number of hydrogen-bond acceptors (Lipinski definition) is 3. The maximum atomic E-state index is 13.7. The van der Waals surface area contributed by atoms with Crippen molar-refractivity contribution in [3.8, 4) is 6.07 Å². The first-order valence-electron chi connectivity index (χ1n) is 7.24. The molecule has 3 rings (SSSR count). The number of benzene rings is 2. The second-order valence-electron chi connectivity index (χ2n) is 5.16. The number of H-pyrrole nitrogens is 1. The Labute approximate surface area is 131 Å². The summed E-state index contributed by atoms with van der Waals surface area (Å²) in [6, 6.07) is 11.5. The molecule has 0 bridgehead atoms. The van der Waals surface area contributed by atoms with Gasteiger partial charge in [0.1, 0.15) is 11.5 Å². The summed E-state index contributed by atoms with van der Waals surface area (Å²) < 4.78 is 27.4. The van der Waals surface area contributed by atoms with E-state index < -0.39 is 11.6 Å². The molecule has 3 aromatic rings. The van der Waals surface area contributed by atoms with Gasteiger partial charge in [-0.2, -0.15) is 5.26 Å². The number of nitrogens with one attached hydrogen (secondary N) is 2. The Morgan fingerprint density at radius 2 is 1.91 bits per heavy atom. The Morgan fingerprint density at radius 1 is 1.17 bits per heavy atom. The van der Waals surface area contributed by atoms with Gasteiger partial charge < -0.3 is 10.3 Å². The van der Waals surface area contributed by atoms with E-state index in [0.29, 0.717) is 19.4 Å². The normalized spacial score (nSPS) is 10.7. The Hall–Kier alpha value is -2.94. The molecule has 0 spiro atoms. The molecule has 0 fully saturated rings. The van der Waals surface area contributed by atoms with Crippen LogP contribution in [0.15, 0.2) is 36.4 Å². The SMILES string of the molecule is N#Cc1cc(F)c(NCCCc2nc3ccccc3[nH]2)c(F)c1. The van der Waals surface area contributed by atoms with Crippen LogP contribution in [-0.2, 0) is 6.42 Å². The summed E-state index contributed by atoms with van der Waals surface area (Å²) in [6.07, 6.45) is 1.33. The number of rotatable bonds is 5. The van der Waals surface area contributed by atoms with Crippen molar-refractivity contribution in [2.75, 3.05) is 11.9 Å². The molecule has 0 amide bonds. The first-order valence-corrected chi connectivity index (χ1v) is 7.24.